The van der Waals surface area contributed by atoms with Crippen LogP contribution >= 0.6 is 0 Å². The van der Waals surface area contributed by atoms with Gasteiger partial charge in [-0.2, -0.15) is 5.10 Å². The van der Waals surface area contributed by atoms with Crippen molar-refractivity contribution in [3.8, 4) is 0 Å². The molecule has 0 aliphatic heterocycles. The smallest absolute Gasteiger partial charge is 0.235 e. The van der Waals surface area contributed by atoms with Crippen LogP contribution in [-0.4, -0.2) is 16.1 Å². The Labute approximate surface area is 99.1 Å². The Bertz CT molecular complexity index is 515. The molecule has 1 aromatic heterocycles. The summed E-state index contributed by atoms with van der Waals surface area (Å²) in [7, 11) is 0. The molecule has 0 unspecified atom stereocenters. The van der Waals surface area contributed by atoms with Gasteiger partial charge < -0.3 is 5.32 Å². The Morgan fingerprint density at radius 1 is 1.29 bits per heavy atom. The third kappa shape index (κ3) is 1.71. The minimum atomic E-state index is -0.321. The van der Waals surface area contributed by atoms with Crippen LogP contribution in [0, 0.1) is 0 Å². The minimum Gasteiger partial charge on any atom is -0.323 e. The monoisotopic (exact) mass is 227 g/mol. The first kappa shape index (κ1) is 10.1. The summed E-state index contributed by atoms with van der Waals surface area (Å²) in [4.78, 5) is 12.2. The number of nitrogens with zero attached hydrogens (tertiary/aromatic N) is 1. The normalized spacial score (nSPS) is 16.5. The molecule has 1 aliphatic rings. The Kier molecular flexibility index (Phi) is 2.21. The van der Waals surface area contributed by atoms with Gasteiger partial charge in [-0.25, -0.2) is 0 Å². The molecule has 0 saturated heterocycles. The summed E-state index contributed by atoms with van der Waals surface area (Å²) in [5.41, 5.74) is 1.50. The zero-order valence-corrected chi connectivity index (χ0v) is 9.31. The van der Waals surface area contributed by atoms with Crippen LogP contribution in [-0.2, 0) is 10.2 Å². The molecule has 1 heterocycles. The quantitative estimate of drug-likeness (QED) is 0.843. The van der Waals surface area contributed by atoms with Crippen LogP contribution in [0.15, 0.2) is 42.7 Å². The third-order valence-electron chi connectivity index (χ3n) is 3.27. The maximum absolute atomic E-state index is 12.2. The van der Waals surface area contributed by atoms with Crippen LogP contribution in [0.25, 0.3) is 0 Å². The Hall–Kier alpha value is -2.10. The van der Waals surface area contributed by atoms with Gasteiger partial charge in [0.25, 0.3) is 0 Å². The van der Waals surface area contributed by atoms with Gasteiger partial charge in [-0.15, -0.1) is 0 Å². The fourth-order valence-electron chi connectivity index (χ4n) is 2.10. The third-order valence-corrected chi connectivity index (χ3v) is 3.27. The molecule has 1 saturated carbocycles. The molecule has 0 spiro atoms. The summed E-state index contributed by atoms with van der Waals surface area (Å²) < 4.78 is 0. The van der Waals surface area contributed by atoms with Gasteiger partial charge in [0.1, 0.15) is 0 Å². The highest BCUT2D eigenvalue weighted by Crippen LogP contribution is 2.48. The van der Waals surface area contributed by atoms with E-state index in [2.05, 4.69) is 15.5 Å². The van der Waals surface area contributed by atoms with Gasteiger partial charge >= 0.3 is 0 Å². The summed E-state index contributed by atoms with van der Waals surface area (Å²) >= 11 is 0. The van der Waals surface area contributed by atoms with Crippen molar-refractivity contribution in [2.75, 3.05) is 5.32 Å². The topological polar surface area (TPSA) is 57.8 Å². The van der Waals surface area contributed by atoms with Crippen molar-refractivity contribution in [2.45, 2.75) is 18.3 Å². The van der Waals surface area contributed by atoms with Crippen LogP contribution in [0.4, 0.5) is 5.69 Å². The molecule has 1 aliphatic carbocycles. The Balaban J connectivity index is 1.82. The number of hydrogen-bond donors (Lipinski definition) is 2. The zero-order chi connectivity index (χ0) is 11.7. The molecule has 17 heavy (non-hydrogen) atoms. The first-order chi connectivity index (χ1) is 8.31. The second-order valence-corrected chi connectivity index (χ2v) is 4.39. The van der Waals surface area contributed by atoms with E-state index < -0.39 is 0 Å². The van der Waals surface area contributed by atoms with E-state index in [-0.39, 0.29) is 11.3 Å². The lowest BCUT2D eigenvalue weighted by Crippen LogP contribution is -2.27. The fourth-order valence-corrected chi connectivity index (χ4v) is 2.10. The van der Waals surface area contributed by atoms with Gasteiger partial charge in [0, 0.05) is 6.20 Å². The first-order valence-electron chi connectivity index (χ1n) is 5.67. The molecule has 1 fully saturated rings. The molecule has 2 N–H and O–H groups in total. The number of hydrogen-bond acceptors (Lipinski definition) is 2. The number of aromatic nitrogens is 2. The lowest BCUT2D eigenvalue weighted by atomic mass is 9.95. The van der Waals surface area contributed by atoms with Gasteiger partial charge in [0.2, 0.25) is 5.91 Å². The van der Waals surface area contributed by atoms with Crippen molar-refractivity contribution in [1.29, 1.82) is 0 Å². The highest BCUT2D eigenvalue weighted by atomic mass is 16.2. The average Bonchev–Trinajstić information content (AvgIpc) is 3.04. The van der Waals surface area contributed by atoms with Crippen molar-refractivity contribution in [2.24, 2.45) is 0 Å². The number of carbonyl (C=O) groups is 1. The second kappa shape index (κ2) is 3.73. The van der Waals surface area contributed by atoms with Gasteiger partial charge in [-0.1, -0.05) is 30.3 Å². The predicted molar refractivity (Wildman–Crippen MR) is 64.6 cm³/mol. The second-order valence-electron chi connectivity index (χ2n) is 4.39. The van der Waals surface area contributed by atoms with E-state index in [0.717, 1.165) is 24.1 Å². The average molecular weight is 227 g/mol. The van der Waals surface area contributed by atoms with E-state index >= 15 is 0 Å². The number of H-pyrrole nitrogens is 1. The molecular formula is C13H13N3O. The summed E-state index contributed by atoms with van der Waals surface area (Å²) in [6, 6.07) is 9.94. The van der Waals surface area contributed by atoms with Gasteiger partial charge in [0.15, 0.2) is 0 Å². The largest absolute Gasteiger partial charge is 0.323 e. The number of benzene rings is 1. The lowest BCUT2D eigenvalue weighted by Gasteiger charge is -2.14. The molecule has 4 heteroatoms. The number of rotatable bonds is 3. The standard InChI is InChI=1S/C13H13N3O/c17-12(16-11-8-14-15-9-11)13(6-7-13)10-4-2-1-3-5-10/h1-5,8-9H,6-7H2,(H,14,15)(H,16,17). The van der Waals surface area contributed by atoms with E-state index in [1.807, 2.05) is 30.3 Å². The Morgan fingerprint density at radius 2 is 2.06 bits per heavy atom. The molecule has 4 nitrogen and oxygen atoms in total. The van der Waals surface area contributed by atoms with Gasteiger partial charge in [-0.3, -0.25) is 9.89 Å². The molecule has 86 valence electrons. The van der Waals surface area contributed by atoms with Crippen molar-refractivity contribution < 1.29 is 4.79 Å². The van der Waals surface area contributed by atoms with Crippen LogP contribution in [0.5, 0.6) is 0 Å². The highest BCUT2D eigenvalue weighted by molar-refractivity contribution is 6.01. The molecule has 2 aromatic rings. The number of carbonyl (C=O) groups excluding carboxylic acids is 1. The first-order valence-corrected chi connectivity index (χ1v) is 5.67. The van der Waals surface area contributed by atoms with E-state index in [9.17, 15) is 4.79 Å². The molecule has 3 rings (SSSR count). The van der Waals surface area contributed by atoms with E-state index in [1.54, 1.807) is 12.4 Å². The molecule has 0 bridgehead atoms. The van der Waals surface area contributed by atoms with Gasteiger partial charge in [-0.05, 0) is 18.4 Å². The van der Waals surface area contributed by atoms with Crippen molar-refractivity contribution in [3.63, 3.8) is 0 Å². The van der Waals surface area contributed by atoms with Crippen LogP contribution in [0.3, 0.4) is 0 Å². The summed E-state index contributed by atoms with van der Waals surface area (Å²) in [6.45, 7) is 0. The van der Waals surface area contributed by atoms with Gasteiger partial charge in [0.05, 0.1) is 17.3 Å². The lowest BCUT2D eigenvalue weighted by molar-refractivity contribution is -0.118. The summed E-state index contributed by atoms with van der Waals surface area (Å²) in [5, 5.41) is 9.38. The zero-order valence-electron chi connectivity index (χ0n) is 9.31. The number of anilines is 1. The fraction of sp³-hybridized carbons (Fsp3) is 0.231. The van der Waals surface area contributed by atoms with Crippen LogP contribution < -0.4 is 5.32 Å². The van der Waals surface area contributed by atoms with Crippen LogP contribution in [0.1, 0.15) is 18.4 Å². The summed E-state index contributed by atoms with van der Waals surface area (Å²) in [5.74, 6) is 0.0603. The SMILES string of the molecule is O=C(Nc1cn[nH]c1)C1(c2ccccc2)CC1. The number of aromatic amines is 1. The maximum atomic E-state index is 12.2. The van der Waals surface area contributed by atoms with Crippen molar-refractivity contribution in [1.82, 2.24) is 10.2 Å². The minimum absolute atomic E-state index is 0.0603. The van der Waals surface area contributed by atoms with Crippen molar-refractivity contribution in [3.05, 3.63) is 48.3 Å². The van der Waals surface area contributed by atoms with Crippen molar-refractivity contribution >= 4 is 11.6 Å². The number of amides is 1. The van der Waals surface area contributed by atoms with E-state index in [0.29, 0.717) is 0 Å². The maximum Gasteiger partial charge on any atom is 0.235 e. The molecule has 1 amide bonds. The molecular weight excluding hydrogens is 214 g/mol. The number of nitrogens with one attached hydrogen (secondary N) is 2. The summed E-state index contributed by atoms with van der Waals surface area (Å²) in [6.07, 6.45) is 5.12. The molecule has 0 radical (unpaired) electrons. The predicted octanol–water partition coefficient (Wildman–Crippen LogP) is 2.08. The van der Waals surface area contributed by atoms with E-state index in [1.165, 1.54) is 0 Å². The van der Waals surface area contributed by atoms with E-state index in [4.69, 9.17) is 0 Å². The Morgan fingerprint density at radius 3 is 2.65 bits per heavy atom. The molecule has 1 aromatic carbocycles. The highest BCUT2D eigenvalue weighted by Gasteiger charge is 2.51. The molecule has 0 atom stereocenters. The van der Waals surface area contributed by atoms with Crippen LogP contribution in [0.2, 0.25) is 0 Å².